The lowest BCUT2D eigenvalue weighted by atomic mass is 9.48. The summed E-state index contributed by atoms with van der Waals surface area (Å²) in [6, 6.07) is 10.3. The van der Waals surface area contributed by atoms with E-state index in [0.29, 0.717) is 11.1 Å². The van der Waals surface area contributed by atoms with Gasteiger partial charge in [-0.1, -0.05) is 18.2 Å². The Balaban J connectivity index is 1.36. The molecule has 0 spiro atoms. The van der Waals surface area contributed by atoms with Gasteiger partial charge in [0.2, 0.25) is 0 Å². The minimum Gasteiger partial charge on any atom is -0.351 e. The Bertz CT molecular complexity index is 722. The standard InChI is InChI=1S/C21H26N2O/c1-13(21-10-14-6-15(11-21)8-16(7-14)12-21)22-20(24)19-9-17-4-2-3-5-18(17)23-19/h2-5,9,13-16,23H,6-8,10-12H2,1H3,(H,22,24). The van der Waals surface area contributed by atoms with E-state index in [-0.39, 0.29) is 11.9 Å². The Morgan fingerprint density at radius 1 is 1.12 bits per heavy atom. The normalized spacial score (nSPS) is 35.3. The Morgan fingerprint density at radius 2 is 1.75 bits per heavy atom. The van der Waals surface area contributed by atoms with Gasteiger partial charge in [-0.3, -0.25) is 4.79 Å². The largest absolute Gasteiger partial charge is 0.351 e. The van der Waals surface area contributed by atoms with Gasteiger partial charge in [-0.05, 0) is 80.8 Å². The number of nitrogens with one attached hydrogen (secondary N) is 2. The monoisotopic (exact) mass is 322 g/mol. The smallest absolute Gasteiger partial charge is 0.267 e. The van der Waals surface area contributed by atoms with Crippen molar-refractivity contribution in [1.82, 2.24) is 10.3 Å². The number of carbonyl (C=O) groups is 1. The van der Waals surface area contributed by atoms with Gasteiger partial charge in [0.25, 0.3) is 5.91 Å². The second kappa shape index (κ2) is 5.11. The molecule has 1 atom stereocenters. The number of hydrogen-bond acceptors (Lipinski definition) is 1. The molecule has 0 radical (unpaired) electrons. The first-order valence-electron chi connectivity index (χ1n) is 9.50. The van der Waals surface area contributed by atoms with Crippen LogP contribution in [-0.4, -0.2) is 16.9 Å². The number of benzene rings is 1. The van der Waals surface area contributed by atoms with Gasteiger partial charge in [-0.15, -0.1) is 0 Å². The third-order valence-electron chi connectivity index (χ3n) is 7.13. The lowest BCUT2D eigenvalue weighted by Crippen LogP contribution is -2.55. The van der Waals surface area contributed by atoms with Crippen LogP contribution in [0, 0.1) is 23.2 Å². The number of rotatable bonds is 3. The summed E-state index contributed by atoms with van der Waals surface area (Å²) in [5.41, 5.74) is 2.08. The molecule has 4 fully saturated rings. The van der Waals surface area contributed by atoms with E-state index in [1.165, 1.54) is 38.5 Å². The van der Waals surface area contributed by atoms with Crippen LogP contribution in [0.3, 0.4) is 0 Å². The van der Waals surface area contributed by atoms with Crippen molar-refractivity contribution in [2.75, 3.05) is 0 Å². The third kappa shape index (κ3) is 2.21. The van der Waals surface area contributed by atoms with Crippen LogP contribution in [0.25, 0.3) is 10.9 Å². The highest BCUT2D eigenvalue weighted by molar-refractivity contribution is 5.98. The second-order valence-corrected chi connectivity index (χ2v) is 8.75. The van der Waals surface area contributed by atoms with Crippen molar-refractivity contribution in [1.29, 1.82) is 0 Å². The van der Waals surface area contributed by atoms with Crippen LogP contribution in [0.2, 0.25) is 0 Å². The predicted octanol–water partition coefficient (Wildman–Crippen LogP) is 4.50. The molecule has 1 aromatic carbocycles. The number of fused-ring (bicyclic) bond motifs is 1. The number of aromatic nitrogens is 1. The molecule has 4 aliphatic rings. The van der Waals surface area contributed by atoms with Crippen molar-refractivity contribution in [3.8, 4) is 0 Å². The lowest BCUT2D eigenvalue weighted by Gasteiger charge is -2.59. The highest BCUT2D eigenvalue weighted by Crippen LogP contribution is 2.61. The third-order valence-corrected chi connectivity index (χ3v) is 7.13. The van der Waals surface area contributed by atoms with Gasteiger partial charge in [0.15, 0.2) is 0 Å². The molecule has 24 heavy (non-hydrogen) atoms. The summed E-state index contributed by atoms with van der Waals surface area (Å²) in [5.74, 6) is 2.81. The Labute approximate surface area is 143 Å². The molecule has 2 N–H and O–H groups in total. The van der Waals surface area contributed by atoms with E-state index >= 15 is 0 Å². The number of hydrogen-bond donors (Lipinski definition) is 2. The van der Waals surface area contributed by atoms with Crippen molar-refractivity contribution in [2.45, 2.75) is 51.5 Å². The van der Waals surface area contributed by atoms with Gasteiger partial charge in [0, 0.05) is 16.9 Å². The molecule has 3 nitrogen and oxygen atoms in total. The van der Waals surface area contributed by atoms with Crippen molar-refractivity contribution in [3.05, 3.63) is 36.0 Å². The predicted molar refractivity (Wildman–Crippen MR) is 95.8 cm³/mol. The number of para-hydroxylation sites is 1. The van der Waals surface area contributed by atoms with Crippen LogP contribution >= 0.6 is 0 Å². The van der Waals surface area contributed by atoms with Crippen LogP contribution in [0.5, 0.6) is 0 Å². The van der Waals surface area contributed by atoms with Gasteiger partial charge in [0.1, 0.15) is 5.69 Å². The first kappa shape index (κ1) is 14.6. The molecule has 4 bridgehead atoms. The first-order valence-corrected chi connectivity index (χ1v) is 9.50. The lowest BCUT2D eigenvalue weighted by molar-refractivity contribution is -0.0688. The number of carbonyl (C=O) groups excluding carboxylic acids is 1. The van der Waals surface area contributed by atoms with Crippen LogP contribution in [0.4, 0.5) is 0 Å². The van der Waals surface area contributed by atoms with E-state index < -0.39 is 0 Å². The fourth-order valence-electron chi connectivity index (χ4n) is 6.33. The molecule has 1 aromatic heterocycles. The molecule has 4 aliphatic carbocycles. The van der Waals surface area contributed by atoms with Crippen LogP contribution in [-0.2, 0) is 0 Å². The van der Waals surface area contributed by atoms with Crippen molar-refractivity contribution >= 4 is 16.8 Å². The average Bonchev–Trinajstić information content (AvgIpc) is 2.97. The molecular formula is C21H26N2O. The molecule has 2 aromatic rings. The van der Waals surface area contributed by atoms with Gasteiger partial charge < -0.3 is 10.3 Å². The summed E-state index contributed by atoms with van der Waals surface area (Å²) in [7, 11) is 0. The Morgan fingerprint density at radius 3 is 2.38 bits per heavy atom. The molecule has 4 saturated carbocycles. The van der Waals surface area contributed by atoms with Gasteiger partial charge >= 0.3 is 0 Å². The minimum atomic E-state index is 0.0504. The zero-order chi connectivity index (χ0) is 16.3. The topological polar surface area (TPSA) is 44.9 Å². The molecule has 0 saturated heterocycles. The molecule has 1 amide bonds. The summed E-state index contributed by atoms with van der Waals surface area (Å²) in [4.78, 5) is 16.0. The maximum atomic E-state index is 12.8. The highest BCUT2D eigenvalue weighted by Gasteiger charge is 2.53. The van der Waals surface area contributed by atoms with Crippen molar-refractivity contribution in [2.24, 2.45) is 23.2 Å². The molecule has 1 heterocycles. The summed E-state index contributed by atoms with van der Waals surface area (Å²) in [6.45, 7) is 2.24. The summed E-state index contributed by atoms with van der Waals surface area (Å²) in [5, 5.41) is 4.45. The number of H-pyrrole nitrogens is 1. The van der Waals surface area contributed by atoms with E-state index in [1.54, 1.807) is 0 Å². The highest BCUT2D eigenvalue weighted by atomic mass is 16.1. The molecule has 1 unspecified atom stereocenters. The zero-order valence-electron chi connectivity index (χ0n) is 14.3. The molecule has 126 valence electrons. The molecule has 0 aliphatic heterocycles. The fraction of sp³-hybridized carbons (Fsp3) is 0.571. The summed E-state index contributed by atoms with van der Waals surface area (Å²) < 4.78 is 0. The van der Waals surface area contributed by atoms with Crippen LogP contribution in [0.1, 0.15) is 55.9 Å². The second-order valence-electron chi connectivity index (χ2n) is 8.75. The summed E-state index contributed by atoms with van der Waals surface area (Å²) in [6.07, 6.45) is 8.32. The van der Waals surface area contributed by atoms with E-state index in [4.69, 9.17) is 0 Å². The van der Waals surface area contributed by atoms with Crippen LogP contribution in [0.15, 0.2) is 30.3 Å². The SMILES string of the molecule is CC(NC(=O)c1cc2ccccc2[nH]1)C12CC3CC(CC(C3)C1)C2. The maximum absolute atomic E-state index is 12.8. The Hall–Kier alpha value is -1.77. The van der Waals surface area contributed by atoms with E-state index in [0.717, 1.165) is 28.7 Å². The number of aromatic amines is 1. The van der Waals surface area contributed by atoms with Gasteiger partial charge in [-0.2, -0.15) is 0 Å². The minimum absolute atomic E-state index is 0.0504. The molecular weight excluding hydrogens is 296 g/mol. The van der Waals surface area contributed by atoms with E-state index in [1.807, 2.05) is 30.3 Å². The van der Waals surface area contributed by atoms with Crippen molar-refractivity contribution < 1.29 is 4.79 Å². The van der Waals surface area contributed by atoms with Gasteiger partial charge in [-0.25, -0.2) is 0 Å². The Kier molecular flexibility index (Phi) is 3.10. The quantitative estimate of drug-likeness (QED) is 0.858. The maximum Gasteiger partial charge on any atom is 0.267 e. The number of amides is 1. The van der Waals surface area contributed by atoms with Gasteiger partial charge in [0.05, 0.1) is 0 Å². The van der Waals surface area contributed by atoms with E-state index in [9.17, 15) is 4.79 Å². The fourth-order valence-corrected chi connectivity index (χ4v) is 6.33. The first-order chi connectivity index (χ1) is 11.6. The summed E-state index contributed by atoms with van der Waals surface area (Å²) >= 11 is 0. The molecule has 3 heteroatoms. The zero-order valence-corrected chi connectivity index (χ0v) is 14.3. The molecule has 6 rings (SSSR count). The van der Waals surface area contributed by atoms with Crippen molar-refractivity contribution in [3.63, 3.8) is 0 Å². The van der Waals surface area contributed by atoms with Crippen LogP contribution < -0.4 is 5.32 Å². The average molecular weight is 322 g/mol. The van der Waals surface area contributed by atoms with E-state index in [2.05, 4.69) is 17.2 Å².